The number of benzene rings is 2. The lowest BCUT2D eigenvalue weighted by molar-refractivity contribution is -0.130. The Morgan fingerprint density at radius 3 is 2.41 bits per heavy atom. The number of ether oxygens (including phenoxy) is 1. The van der Waals surface area contributed by atoms with Crippen LogP contribution in [0, 0.1) is 5.82 Å². The number of nitrogens with zero attached hydrogens (tertiary/aromatic N) is 4. The fourth-order valence-corrected chi connectivity index (χ4v) is 3.81. The van der Waals surface area contributed by atoms with Crippen LogP contribution in [0.5, 0.6) is 0 Å². The molecule has 0 N–H and O–H groups in total. The molecule has 32 heavy (non-hydrogen) atoms. The number of amides is 1. The topological polar surface area (TPSA) is 75.6 Å². The van der Waals surface area contributed by atoms with E-state index in [0.717, 1.165) is 12.0 Å². The maximum Gasteiger partial charge on any atom is 0.360 e. The molecule has 1 aliphatic rings. The third kappa shape index (κ3) is 4.85. The van der Waals surface area contributed by atoms with Gasteiger partial charge in [-0.05, 0) is 43.2 Å². The van der Waals surface area contributed by atoms with E-state index < -0.39 is 5.97 Å². The predicted molar refractivity (Wildman–Crippen MR) is 119 cm³/mol. The van der Waals surface area contributed by atoms with Gasteiger partial charge in [0, 0.05) is 26.2 Å². The Morgan fingerprint density at radius 1 is 0.969 bits per heavy atom. The molecule has 3 aromatic rings. The van der Waals surface area contributed by atoms with Crippen molar-refractivity contribution in [2.45, 2.75) is 19.8 Å². The van der Waals surface area contributed by atoms with Gasteiger partial charge in [0.2, 0.25) is 5.91 Å². The van der Waals surface area contributed by atoms with Gasteiger partial charge in [-0.1, -0.05) is 24.3 Å². The highest BCUT2D eigenvalue weighted by Crippen LogP contribution is 2.23. The van der Waals surface area contributed by atoms with E-state index in [1.165, 1.54) is 12.1 Å². The van der Waals surface area contributed by atoms with Crippen molar-refractivity contribution in [3.8, 4) is 0 Å². The molecule has 4 rings (SSSR count). The Hall–Kier alpha value is -3.55. The van der Waals surface area contributed by atoms with Gasteiger partial charge >= 0.3 is 5.97 Å². The van der Waals surface area contributed by atoms with Crippen LogP contribution >= 0.6 is 0 Å². The average molecular weight is 436 g/mol. The number of rotatable bonds is 5. The Morgan fingerprint density at radius 2 is 1.69 bits per heavy atom. The SMILES string of the molecule is CCOC(=O)c1nc2ccccc2nc1N1CCCN(C(=O)Cc2ccc(F)cc2)CC1. The summed E-state index contributed by atoms with van der Waals surface area (Å²) in [6.07, 6.45) is 0.954. The van der Waals surface area contributed by atoms with Crippen LogP contribution in [-0.2, 0) is 16.0 Å². The quantitative estimate of drug-likeness (QED) is 0.572. The molecule has 0 unspecified atom stereocenters. The molecule has 1 saturated heterocycles. The van der Waals surface area contributed by atoms with Crippen molar-refractivity contribution < 1.29 is 18.7 Å². The van der Waals surface area contributed by atoms with Crippen molar-refractivity contribution in [2.75, 3.05) is 37.7 Å². The molecule has 2 heterocycles. The van der Waals surface area contributed by atoms with Crippen LogP contribution in [0.3, 0.4) is 0 Å². The number of aromatic nitrogens is 2. The summed E-state index contributed by atoms with van der Waals surface area (Å²) in [5.41, 5.74) is 2.30. The molecule has 0 saturated carbocycles. The number of hydrogen-bond donors (Lipinski definition) is 0. The van der Waals surface area contributed by atoms with Gasteiger partial charge in [-0.15, -0.1) is 0 Å². The van der Waals surface area contributed by atoms with Gasteiger partial charge in [0.15, 0.2) is 11.5 Å². The summed E-state index contributed by atoms with van der Waals surface area (Å²) in [4.78, 5) is 38.4. The molecule has 1 aromatic heterocycles. The highest BCUT2D eigenvalue weighted by molar-refractivity contribution is 5.95. The summed E-state index contributed by atoms with van der Waals surface area (Å²) in [5, 5.41) is 0. The number of carbonyl (C=O) groups is 2. The van der Waals surface area contributed by atoms with Crippen LogP contribution in [0.4, 0.5) is 10.2 Å². The summed E-state index contributed by atoms with van der Waals surface area (Å²) < 4.78 is 18.3. The first kappa shape index (κ1) is 21.7. The van der Waals surface area contributed by atoms with E-state index >= 15 is 0 Å². The number of para-hydroxylation sites is 2. The molecule has 0 aliphatic carbocycles. The molecule has 0 atom stereocenters. The van der Waals surface area contributed by atoms with Crippen LogP contribution in [0.15, 0.2) is 48.5 Å². The molecule has 0 spiro atoms. The van der Waals surface area contributed by atoms with E-state index in [1.807, 2.05) is 34.1 Å². The lowest BCUT2D eigenvalue weighted by Crippen LogP contribution is -2.36. The molecule has 1 fully saturated rings. The molecular weight excluding hydrogens is 411 g/mol. The summed E-state index contributed by atoms with van der Waals surface area (Å²) in [6, 6.07) is 13.4. The second-order valence-electron chi connectivity index (χ2n) is 7.63. The number of hydrogen-bond acceptors (Lipinski definition) is 6. The Labute approximate surface area is 185 Å². The average Bonchev–Trinajstić information content (AvgIpc) is 3.06. The van der Waals surface area contributed by atoms with Crippen LogP contribution in [0.1, 0.15) is 29.4 Å². The maximum absolute atomic E-state index is 13.1. The largest absolute Gasteiger partial charge is 0.461 e. The van der Waals surface area contributed by atoms with Gasteiger partial charge < -0.3 is 14.5 Å². The number of anilines is 1. The third-order valence-electron chi connectivity index (χ3n) is 5.44. The van der Waals surface area contributed by atoms with Crippen LogP contribution in [0.2, 0.25) is 0 Å². The molecule has 0 radical (unpaired) electrons. The Kier molecular flexibility index (Phi) is 6.58. The highest BCUT2D eigenvalue weighted by atomic mass is 19.1. The van der Waals surface area contributed by atoms with Gasteiger partial charge in [0.1, 0.15) is 5.82 Å². The zero-order valence-corrected chi connectivity index (χ0v) is 18.0. The molecule has 2 aromatic carbocycles. The van der Waals surface area contributed by atoms with Crippen molar-refractivity contribution >= 4 is 28.7 Å². The zero-order chi connectivity index (χ0) is 22.5. The minimum absolute atomic E-state index is 0.00586. The van der Waals surface area contributed by atoms with Gasteiger partial charge in [-0.2, -0.15) is 0 Å². The third-order valence-corrected chi connectivity index (χ3v) is 5.44. The number of esters is 1. The van der Waals surface area contributed by atoms with E-state index in [4.69, 9.17) is 9.72 Å². The van der Waals surface area contributed by atoms with E-state index in [9.17, 15) is 14.0 Å². The molecule has 1 aliphatic heterocycles. The van der Waals surface area contributed by atoms with Crippen LogP contribution < -0.4 is 4.90 Å². The normalized spacial score (nSPS) is 14.3. The molecule has 7 nitrogen and oxygen atoms in total. The monoisotopic (exact) mass is 436 g/mol. The van der Waals surface area contributed by atoms with E-state index in [0.29, 0.717) is 43.0 Å². The Bertz CT molecular complexity index is 1120. The second-order valence-corrected chi connectivity index (χ2v) is 7.63. The fraction of sp³-hybridized carbons (Fsp3) is 0.333. The van der Waals surface area contributed by atoms with Crippen molar-refractivity contribution in [1.82, 2.24) is 14.9 Å². The standard InChI is InChI=1S/C24H25FN4O3/c1-2-32-24(31)22-23(27-20-7-4-3-6-19(20)26-22)29-13-5-12-28(14-15-29)21(30)16-17-8-10-18(25)11-9-17/h3-4,6-11H,2,5,12-16H2,1H3. The molecule has 8 heteroatoms. The lowest BCUT2D eigenvalue weighted by Gasteiger charge is -2.24. The van der Waals surface area contributed by atoms with Crippen LogP contribution in [-0.4, -0.2) is 59.5 Å². The minimum atomic E-state index is -0.505. The van der Waals surface area contributed by atoms with Crippen molar-refractivity contribution in [3.05, 3.63) is 65.6 Å². The zero-order valence-electron chi connectivity index (χ0n) is 18.0. The fourth-order valence-electron chi connectivity index (χ4n) is 3.81. The summed E-state index contributed by atoms with van der Waals surface area (Å²) in [7, 11) is 0. The number of fused-ring (bicyclic) bond motifs is 1. The lowest BCUT2D eigenvalue weighted by atomic mass is 10.1. The summed E-state index contributed by atoms with van der Waals surface area (Å²) in [5.74, 6) is -0.349. The molecular formula is C24H25FN4O3. The van der Waals surface area contributed by atoms with E-state index in [1.54, 1.807) is 19.1 Å². The Balaban J connectivity index is 1.53. The smallest absolute Gasteiger partial charge is 0.360 e. The summed E-state index contributed by atoms with van der Waals surface area (Å²) >= 11 is 0. The number of halogens is 1. The van der Waals surface area contributed by atoms with E-state index in [2.05, 4.69) is 4.98 Å². The molecule has 166 valence electrons. The number of carbonyl (C=O) groups excluding carboxylic acids is 2. The van der Waals surface area contributed by atoms with Gasteiger partial charge in [0.25, 0.3) is 0 Å². The predicted octanol–water partition coefficient (Wildman–Crippen LogP) is 3.23. The van der Waals surface area contributed by atoms with Crippen molar-refractivity contribution in [1.29, 1.82) is 0 Å². The molecule has 0 bridgehead atoms. The highest BCUT2D eigenvalue weighted by Gasteiger charge is 2.26. The van der Waals surface area contributed by atoms with Crippen molar-refractivity contribution in [2.24, 2.45) is 0 Å². The maximum atomic E-state index is 13.1. The van der Waals surface area contributed by atoms with Gasteiger partial charge in [-0.25, -0.2) is 19.2 Å². The van der Waals surface area contributed by atoms with Gasteiger partial charge in [-0.3, -0.25) is 4.79 Å². The van der Waals surface area contributed by atoms with Gasteiger partial charge in [0.05, 0.1) is 24.1 Å². The minimum Gasteiger partial charge on any atom is -0.461 e. The van der Waals surface area contributed by atoms with Crippen molar-refractivity contribution in [3.63, 3.8) is 0 Å². The first-order chi connectivity index (χ1) is 15.5. The first-order valence-electron chi connectivity index (χ1n) is 10.8. The summed E-state index contributed by atoms with van der Waals surface area (Å²) in [6.45, 7) is 4.26. The molecule has 1 amide bonds. The van der Waals surface area contributed by atoms with Crippen LogP contribution in [0.25, 0.3) is 11.0 Å². The second kappa shape index (κ2) is 9.72. The first-order valence-corrected chi connectivity index (χ1v) is 10.8. The van der Waals surface area contributed by atoms with E-state index in [-0.39, 0.29) is 30.4 Å².